The van der Waals surface area contributed by atoms with Gasteiger partial charge in [-0.2, -0.15) is 5.26 Å². The molecule has 0 atom stereocenters. The van der Waals surface area contributed by atoms with E-state index in [1.54, 1.807) is 13.0 Å². The van der Waals surface area contributed by atoms with Crippen LogP contribution in [-0.2, 0) is 6.42 Å². The van der Waals surface area contributed by atoms with Crippen LogP contribution in [0.4, 0.5) is 8.78 Å². The van der Waals surface area contributed by atoms with E-state index in [4.69, 9.17) is 5.26 Å². The molecule has 0 unspecified atom stereocenters. The molecule has 0 aromatic carbocycles. The van der Waals surface area contributed by atoms with Crippen LogP contribution in [-0.4, -0.2) is 4.98 Å². The van der Waals surface area contributed by atoms with Crippen LogP contribution < -0.4 is 0 Å². The summed E-state index contributed by atoms with van der Waals surface area (Å²) < 4.78 is 25.4. The van der Waals surface area contributed by atoms with Crippen molar-refractivity contribution < 1.29 is 8.78 Å². The van der Waals surface area contributed by atoms with Gasteiger partial charge in [0.15, 0.2) is 0 Å². The van der Waals surface area contributed by atoms with E-state index in [9.17, 15) is 8.78 Å². The Kier molecular flexibility index (Phi) is 3.75. The smallest absolute Gasteiger partial charge is 0.250 e. The standard InChI is InChI=1S/C9H7F2IN2/c1-5-4-6(2-3-13)14-8(7(5)12)9(10)11/h4,9H,2H2,1H3. The fourth-order valence-electron chi connectivity index (χ4n) is 1.07. The molecule has 0 radical (unpaired) electrons. The van der Waals surface area contributed by atoms with Gasteiger partial charge in [-0.3, -0.25) is 0 Å². The quantitative estimate of drug-likeness (QED) is 0.788. The van der Waals surface area contributed by atoms with Crippen molar-refractivity contribution in [3.63, 3.8) is 0 Å². The lowest BCUT2D eigenvalue weighted by Gasteiger charge is -2.07. The van der Waals surface area contributed by atoms with Crippen molar-refractivity contribution in [1.82, 2.24) is 4.98 Å². The van der Waals surface area contributed by atoms with Gasteiger partial charge in [-0.25, -0.2) is 13.8 Å². The highest BCUT2D eigenvalue weighted by molar-refractivity contribution is 14.1. The lowest BCUT2D eigenvalue weighted by molar-refractivity contribution is 0.144. The van der Waals surface area contributed by atoms with Gasteiger partial charge in [0.05, 0.1) is 18.2 Å². The second kappa shape index (κ2) is 4.64. The molecule has 0 aliphatic heterocycles. The zero-order valence-corrected chi connectivity index (χ0v) is 9.55. The topological polar surface area (TPSA) is 36.7 Å². The van der Waals surface area contributed by atoms with Gasteiger partial charge in [0.1, 0.15) is 5.69 Å². The molecule has 2 nitrogen and oxygen atoms in total. The van der Waals surface area contributed by atoms with Crippen molar-refractivity contribution in [2.45, 2.75) is 19.8 Å². The molecule has 1 aromatic rings. The van der Waals surface area contributed by atoms with Gasteiger partial charge in [0.2, 0.25) is 0 Å². The Labute approximate surface area is 94.1 Å². The fraction of sp³-hybridized carbons (Fsp3) is 0.333. The van der Waals surface area contributed by atoms with E-state index in [0.717, 1.165) is 5.56 Å². The van der Waals surface area contributed by atoms with Gasteiger partial charge in [0, 0.05) is 3.57 Å². The Balaban J connectivity index is 3.22. The van der Waals surface area contributed by atoms with Crippen molar-refractivity contribution >= 4 is 22.6 Å². The first-order chi connectivity index (χ1) is 6.56. The van der Waals surface area contributed by atoms with Crippen molar-refractivity contribution in [3.8, 4) is 6.07 Å². The molecule has 1 aromatic heterocycles. The predicted molar refractivity (Wildman–Crippen MR) is 56.0 cm³/mol. The Morgan fingerprint density at radius 2 is 2.29 bits per heavy atom. The molecule has 1 rings (SSSR count). The summed E-state index contributed by atoms with van der Waals surface area (Å²) in [6, 6.07) is 3.55. The molecule has 14 heavy (non-hydrogen) atoms. The molecule has 1 heterocycles. The Morgan fingerprint density at radius 3 is 2.79 bits per heavy atom. The third-order valence-electron chi connectivity index (χ3n) is 1.69. The molecule has 0 N–H and O–H groups in total. The van der Waals surface area contributed by atoms with Crippen LogP contribution in [0.1, 0.15) is 23.4 Å². The number of nitrogens with zero attached hydrogens (tertiary/aromatic N) is 2. The van der Waals surface area contributed by atoms with Gasteiger partial charge in [-0.1, -0.05) is 0 Å². The maximum atomic E-state index is 12.5. The summed E-state index contributed by atoms with van der Waals surface area (Å²) in [5.41, 5.74) is 0.915. The lowest BCUT2D eigenvalue weighted by Crippen LogP contribution is -2.01. The van der Waals surface area contributed by atoms with Gasteiger partial charge < -0.3 is 0 Å². The highest BCUT2D eigenvalue weighted by atomic mass is 127. The number of aromatic nitrogens is 1. The van der Waals surface area contributed by atoms with Crippen LogP contribution in [0.25, 0.3) is 0 Å². The minimum atomic E-state index is -2.58. The fourth-order valence-corrected chi connectivity index (χ4v) is 1.58. The van der Waals surface area contributed by atoms with E-state index in [1.807, 2.05) is 28.7 Å². The molecular formula is C9H7F2IN2. The SMILES string of the molecule is Cc1cc(CC#N)nc(C(F)F)c1I. The average molecular weight is 308 g/mol. The monoisotopic (exact) mass is 308 g/mol. The van der Waals surface area contributed by atoms with Crippen molar-refractivity contribution in [2.75, 3.05) is 0 Å². The Morgan fingerprint density at radius 1 is 1.64 bits per heavy atom. The second-order valence-electron chi connectivity index (χ2n) is 2.77. The molecule has 0 saturated carbocycles. The molecule has 0 fully saturated rings. The number of halogens is 3. The highest BCUT2D eigenvalue weighted by Crippen LogP contribution is 2.25. The van der Waals surface area contributed by atoms with Gasteiger partial charge in [-0.15, -0.1) is 0 Å². The molecule has 0 aliphatic rings. The molecular weight excluding hydrogens is 301 g/mol. The van der Waals surface area contributed by atoms with Crippen LogP contribution in [0.3, 0.4) is 0 Å². The van der Waals surface area contributed by atoms with Gasteiger partial charge in [-0.05, 0) is 41.1 Å². The van der Waals surface area contributed by atoms with Crippen LogP contribution in [0, 0.1) is 21.8 Å². The van der Waals surface area contributed by atoms with Crippen molar-refractivity contribution in [2.24, 2.45) is 0 Å². The second-order valence-corrected chi connectivity index (χ2v) is 3.84. The third kappa shape index (κ3) is 2.38. The maximum absolute atomic E-state index is 12.5. The van der Waals surface area contributed by atoms with E-state index >= 15 is 0 Å². The van der Waals surface area contributed by atoms with E-state index in [1.165, 1.54) is 0 Å². The van der Waals surface area contributed by atoms with E-state index < -0.39 is 6.43 Å². The Bertz CT molecular complexity index is 385. The Hall–Kier alpha value is -0.770. The summed E-state index contributed by atoms with van der Waals surface area (Å²) in [4.78, 5) is 3.74. The highest BCUT2D eigenvalue weighted by Gasteiger charge is 2.16. The number of alkyl halides is 2. The summed E-state index contributed by atoms with van der Waals surface area (Å²) in [5, 5.41) is 8.43. The minimum absolute atomic E-state index is 0.0669. The summed E-state index contributed by atoms with van der Waals surface area (Å²) in [5.74, 6) is 0. The summed E-state index contributed by atoms with van der Waals surface area (Å²) in [6.07, 6.45) is -2.52. The molecule has 0 aliphatic carbocycles. The number of hydrogen-bond donors (Lipinski definition) is 0. The predicted octanol–water partition coefficient (Wildman–Crippen LogP) is 3.00. The van der Waals surface area contributed by atoms with E-state index in [0.29, 0.717) is 9.26 Å². The zero-order valence-electron chi connectivity index (χ0n) is 7.39. The third-order valence-corrected chi connectivity index (χ3v) is 3.09. The normalized spacial score (nSPS) is 10.3. The number of aryl methyl sites for hydroxylation is 1. The van der Waals surface area contributed by atoms with E-state index in [2.05, 4.69) is 4.98 Å². The summed E-state index contributed by atoms with van der Waals surface area (Å²) in [6.45, 7) is 1.73. The summed E-state index contributed by atoms with van der Waals surface area (Å²) >= 11 is 1.84. The zero-order chi connectivity index (χ0) is 10.7. The molecule has 74 valence electrons. The van der Waals surface area contributed by atoms with E-state index in [-0.39, 0.29) is 12.1 Å². The molecule has 0 amide bonds. The number of hydrogen-bond acceptors (Lipinski definition) is 2. The van der Waals surface area contributed by atoms with Crippen molar-refractivity contribution in [1.29, 1.82) is 5.26 Å². The first-order valence-corrected chi connectivity index (χ1v) is 4.95. The molecule has 0 bridgehead atoms. The van der Waals surface area contributed by atoms with Crippen LogP contribution in [0.5, 0.6) is 0 Å². The summed E-state index contributed by atoms with van der Waals surface area (Å²) in [7, 11) is 0. The largest absolute Gasteiger partial charge is 0.281 e. The van der Waals surface area contributed by atoms with Crippen LogP contribution >= 0.6 is 22.6 Å². The average Bonchev–Trinajstić information content (AvgIpc) is 2.11. The molecule has 0 saturated heterocycles. The van der Waals surface area contributed by atoms with Gasteiger partial charge in [0.25, 0.3) is 6.43 Å². The molecule has 5 heteroatoms. The first-order valence-electron chi connectivity index (χ1n) is 3.87. The lowest BCUT2D eigenvalue weighted by atomic mass is 10.2. The first kappa shape index (κ1) is 11.3. The number of nitriles is 1. The van der Waals surface area contributed by atoms with Crippen LogP contribution in [0.15, 0.2) is 6.07 Å². The maximum Gasteiger partial charge on any atom is 0.281 e. The van der Waals surface area contributed by atoms with Crippen LogP contribution in [0.2, 0.25) is 0 Å². The number of pyridine rings is 1. The van der Waals surface area contributed by atoms with Crippen molar-refractivity contribution in [3.05, 3.63) is 26.6 Å². The molecule has 0 spiro atoms. The van der Waals surface area contributed by atoms with Gasteiger partial charge >= 0.3 is 0 Å². The minimum Gasteiger partial charge on any atom is -0.250 e. The number of rotatable bonds is 2.